The van der Waals surface area contributed by atoms with Gasteiger partial charge in [-0.25, -0.2) is 5.43 Å². The van der Waals surface area contributed by atoms with Crippen LogP contribution in [0.25, 0.3) is 11.3 Å². The number of halogens is 3. The van der Waals surface area contributed by atoms with Gasteiger partial charge in [0.05, 0.1) is 11.2 Å². The Labute approximate surface area is 174 Å². The van der Waals surface area contributed by atoms with Gasteiger partial charge in [0.15, 0.2) is 6.61 Å². The van der Waals surface area contributed by atoms with E-state index in [0.717, 1.165) is 10.0 Å². The Bertz CT molecular complexity index is 989. The van der Waals surface area contributed by atoms with E-state index >= 15 is 0 Å². The number of carbonyl (C=O) groups is 1. The minimum atomic E-state index is -0.443. The summed E-state index contributed by atoms with van der Waals surface area (Å²) in [6.07, 6.45) is 1.41. The highest BCUT2D eigenvalue weighted by molar-refractivity contribution is 9.10. The molecule has 5 nitrogen and oxygen atoms in total. The Kier molecular flexibility index (Phi) is 6.55. The second kappa shape index (κ2) is 9.08. The third-order valence-corrected chi connectivity index (χ3v) is 4.41. The molecule has 0 radical (unpaired) electrons. The molecule has 0 aliphatic carbocycles. The van der Waals surface area contributed by atoms with Crippen LogP contribution in [0.1, 0.15) is 5.76 Å². The van der Waals surface area contributed by atoms with Gasteiger partial charge in [0, 0.05) is 21.1 Å². The second-order valence-corrected chi connectivity index (χ2v) is 7.13. The highest BCUT2D eigenvalue weighted by Gasteiger charge is 2.07. The number of furan rings is 1. The molecule has 0 aliphatic rings. The van der Waals surface area contributed by atoms with Gasteiger partial charge < -0.3 is 9.15 Å². The first-order valence-corrected chi connectivity index (χ1v) is 9.32. The van der Waals surface area contributed by atoms with Gasteiger partial charge in [0.25, 0.3) is 5.91 Å². The van der Waals surface area contributed by atoms with Crippen molar-refractivity contribution in [2.45, 2.75) is 0 Å². The molecule has 3 aromatic rings. The van der Waals surface area contributed by atoms with Crippen molar-refractivity contribution < 1.29 is 13.9 Å². The van der Waals surface area contributed by atoms with E-state index < -0.39 is 5.91 Å². The molecule has 1 aromatic heterocycles. The second-order valence-electron chi connectivity index (χ2n) is 5.37. The molecular formula is C19H13BrCl2N2O3. The van der Waals surface area contributed by atoms with Crippen molar-refractivity contribution in [3.63, 3.8) is 0 Å². The SMILES string of the molecule is O=C(COc1cc(Cl)ccc1Cl)NN=Cc1ccc(-c2cccc(Br)c2)o1. The number of hydrogen-bond donors (Lipinski definition) is 1. The standard InChI is InChI=1S/C19H13BrCl2N2O3/c20-13-3-1-2-12(8-13)17-7-5-15(27-17)10-23-24-19(25)11-26-18-9-14(21)4-6-16(18)22/h1-10H,11H2,(H,24,25). The van der Waals surface area contributed by atoms with Crippen molar-refractivity contribution in [2.24, 2.45) is 5.10 Å². The van der Waals surface area contributed by atoms with E-state index in [1.165, 1.54) is 12.3 Å². The molecule has 1 N–H and O–H groups in total. The summed E-state index contributed by atoms with van der Waals surface area (Å²) in [6, 6.07) is 16.1. The molecule has 0 bridgehead atoms. The van der Waals surface area contributed by atoms with Gasteiger partial charge in [-0.05, 0) is 36.4 Å². The Hall–Kier alpha value is -2.28. The van der Waals surface area contributed by atoms with Crippen LogP contribution in [0.2, 0.25) is 10.0 Å². The molecule has 1 heterocycles. The van der Waals surface area contributed by atoms with Crippen molar-refractivity contribution in [3.8, 4) is 17.1 Å². The lowest BCUT2D eigenvalue weighted by atomic mass is 10.2. The number of hydrazone groups is 1. The summed E-state index contributed by atoms with van der Waals surface area (Å²) in [4.78, 5) is 11.8. The average Bonchev–Trinajstić information content (AvgIpc) is 3.11. The van der Waals surface area contributed by atoms with Crippen molar-refractivity contribution in [1.82, 2.24) is 5.43 Å². The normalized spacial score (nSPS) is 10.9. The molecule has 0 saturated carbocycles. The fourth-order valence-corrected chi connectivity index (χ4v) is 2.88. The number of benzene rings is 2. The van der Waals surface area contributed by atoms with Gasteiger partial charge in [0.1, 0.15) is 17.3 Å². The van der Waals surface area contributed by atoms with E-state index in [1.807, 2.05) is 30.3 Å². The largest absolute Gasteiger partial charge is 0.482 e. The lowest BCUT2D eigenvalue weighted by Crippen LogP contribution is -2.24. The van der Waals surface area contributed by atoms with Gasteiger partial charge in [0.2, 0.25) is 0 Å². The van der Waals surface area contributed by atoms with Gasteiger partial charge in [-0.1, -0.05) is 51.3 Å². The Balaban J connectivity index is 1.53. The highest BCUT2D eigenvalue weighted by Crippen LogP contribution is 2.27. The van der Waals surface area contributed by atoms with E-state index in [4.69, 9.17) is 32.4 Å². The van der Waals surface area contributed by atoms with Gasteiger partial charge in [-0.3, -0.25) is 4.79 Å². The Morgan fingerprint density at radius 1 is 1.19 bits per heavy atom. The molecule has 27 heavy (non-hydrogen) atoms. The van der Waals surface area contributed by atoms with Crippen LogP contribution in [-0.2, 0) is 4.79 Å². The fraction of sp³-hybridized carbons (Fsp3) is 0.0526. The van der Waals surface area contributed by atoms with E-state index in [0.29, 0.717) is 27.3 Å². The molecule has 0 unspecified atom stereocenters. The van der Waals surface area contributed by atoms with Crippen molar-refractivity contribution in [1.29, 1.82) is 0 Å². The molecule has 1 amide bonds. The molecule has 8 heteroatoms. The first-order valence-electron chi connectivity index (χ1n) is 7.77. The maximum Gasteiger partial charge on any atom is 0.277 e. The minimum absolute atomic E-state index is 0.251. The van der Waals surface area contributed by atoms with Gasteiger partial charge >= 0.3 is 0 Å². The van der Waals surface area contributed by atoms with Crippen molar-refractivity contribution in [2.75, 3.05) is 6.61 Å². The van der Waals surface area contributed by atoms with Crippen LogP contribution in [0.5, 0.6) is 5.75 Å². The number of hydrogen-bond acceptors (Lipinski definition) is 4. The lowest BCUT2D eigenvalue weighted by Gasteiger charge is -2.07. The zero-order valence-corrected chi connectivity index (χ0v) is 16.9. The first-order chi connectivity index (χ1) is 13.0. The quantitative estimate of drug-likeness (QED) is 0.382. The predicted octanol–water partition coefficient (Wildman–Crippen LogP) is 5.55. The molecule has 138 valence electrons. The number of carbonyl (C=O) groups excluding carboxylic acids is 1. The number of nitrogens with zero attached hydrogens (tertiary/aromatic N) is 1. The van der Waals surface area contributed by atoms with Gasteiger partial charge in [-0.15, -0.1) is 0 Å². The number of rotatable bonds is 6. The lowest BCUT2D eigenvalue weighted by molar-refractivity contribution is -0.123. The molecule has 0 aliphatic heterocycles. The highest BCUT2D eigenvalue weighted by atomic mass is 79.9. The van der Waals surface area contributed by atoms with Crippen molar-refractivity contribution in [3.05, 3.63) is 74.9 Å². The maximum absolute atomic E-state index is 11.8. The third kappa shape index (κ3) is 5.60. The number of amides is 1. The number of nitrogens with one attached hydrogen (secondary N) is 1. The van der Waals surface area contributed by atoms with Crippen LogP contribution in [0.15, 0.2) is 68.6 Å². The van der Waals surface area contributed by atoms with Crippen LogP contribution in [0.3, 0.4) is 0 Å². The number of ether oxygens (including phenoxy) is 1. The Morgan fingerprint density at radius 3 is 2.85 bits per heavy atom. The predicted molar refractivity (Wildman–Crippen MR) is 110 cm³/mol. The molecule has 2 aromatic carbocycles. The van der Waals surface area contributed by atoms with E-state index in [9.17, 15) is 4.79 Å². The minimum Gasteiger partial charge on any atom is -0.482 e. The van der Waals surface area contributed by atoms with E-state index in [1.54, 1.807) is 18.2 Å². The van der Waals surface area contributed by atoms with Crippen molar-refractivity contribution >= 4 is 51.3 Å². The summed E-state index contributed by atoms with van der Waals surface area (Å²) in [6.45, 7) is -0.251. The van der Waals surface area contributed by atoms with Crippen LogP contribution in [0.4, 0.5) is 0 Å². The van der Waals surface area contributed by atoms with Crippen LogP contribution >= 0.6 is 39.1 Å². The zero-order valence-electron chi connectivity index (χ0n) is 13.8. The molecular weight excluding hydrogens is 455 g/mol. The van der Waals surface area contributed by atoms with Crippen LogP contribution in [-0.4, -0.2) is 18.7 Å². The molecule has 0 fully saturated rings. The van der Waals surface area contributed by atoms with Crippen LogP contribution < -0.4 is 10.2 Å². The monoisotopic (exact) mass is 466 g/mol. The smallest absolute Gasteiger partial charge is 0.277 e. The summed E-state index contributed by atoms with van der Waals surface area (Å²) < 4.78 is 12.0. The molecule has 3 rings (SSSR count). The summed E-state index contributed by atoms with van der Waals surface area (Å²) in [7, 11) is 0. The average molecular weight is 468 g/mol. The van der Waals surface area contributed by atoms with E-state index in [2.05, 4.69) is 26.5 Å². The summed E-state index contributed by atoms with van der Waals surface area (Å²) in [5, 5.41) is 4.68. The summed E-state index contributed by atoms with van der Waals surface area (Å²) >= 11 is 15.3. The maximum atomic E-state index is 11.8. The zero-order chi connectivity index (χ0) is 19.2. The van der Waals surface area contributed by atoms with Gasteiger partial charge in [-0.2, -0.15) is 5.10 Å². The van der Waals surface area contributed by atoms with Crippen LogP contribution in [0, 0.1) is 0 Å². The summed E-state index contributed by atoms with van der Waals surface area (Å²) in [5.74, 6) is 1.08. The molecule has 0 saturated heterocycles. The third-order valence-electron chi connectivity index (χ3n) is 3.37. The summed E-state index contributed by atoms with van der Waals surface area (Å²) in [5.41, 5.74) is 3.29. The topological polar surface area (TPSA) is 63.8 Å². The van der Waals surface area contributed by atoms with E-state index in [-0.39, 0.29) is 6.61 Å². The molecule has 0 atom stereocenters. The fourth-order valence-electron chi connectivity index (χ4n) is 2.15. The first kappa shape index (κ1) is 19.5. The Morgan fingerprint density at radius 2 is 2.04 bits per heavy atom. The molecule has 0 spiro atoms.